The average Bonchev–Trinajstić information content (AvgIpc) is 2.47. The molecule has 0 bridgehead atoms. The summed E-state index contributed by atoms with van der Waals surface area (Å²) in [5.74, 6) is 0. The van der Waals surface area contributed by atoms with E-state index in [9.17, 15) is 4.79 Å². The molecule has 0 radical (unpaired) electrons. The van der Waals surface area contributed by atoms with Crippen LogP contribution in [-0.2, 0) is 4.79 Å². The first kappa shape index (κ1) is 10.8. The van der Waals surface area contributed by atoms with Crippen LogP contribution in [0.2, 0.25) is 0 Å². The van der Waals surface area contributed by atoms with E-state index in [4.69, 9.17) is 0 Å². The van der Waals surface area contributed by atoms with Crippen LogP contribution in [0, 0.1) is 0 Å². The Kier molecular flexibility index (Phi) is 2.73. The molecule has 0 aliphatic carbocycles. The van der Waals surface area contributed by atoms with Crippen molar-refractivity contribution in [2.45, 2.75) is 6.04 Å². The Labute approximate surface area is 106 Å². The van der Waals surface area contributed by atoms with Crippen molar-refractivity contribution >= 4 is 17.7 Å². The van der Waals surface area contributed by atoms with Gasteiger partial charge in [-0.05, 0) is 23.3 Å². The van der Waals surface area contributed by atoms with Gasteiger partial charge >= 0.3 is 0 Å². The second-order valence-electron chi connectivity index (χ2n) is 4.39. The summed E-state index contributed by atoms with van der Waals surface area (Å²) in [5.41, 5.74) is 4.40. The third-order valence-electron chi connectivity index (χ3n) is 3.14. The van der Waals surface area contributed by atoms with E-state index in [1.54, 1.807) is 0 Å². The van der Waals surface area contributed by atoms with Crippen molar-refractivity contribution in [3.05, 3.63) is 48.5 Å². The van der Waals surface area contributed by atoms with Gasteiger partial charge < -0.3 is 15.4 Å². The monoisotopic (exact) mass is 238 g/mol. The van der Waals surface area contributed by atoms with Gasteiger partial charge in [-0.25, -0.2) is 0 Å². The molecule has 2 N–H and O–H groups in total. The molecule has 90 valence electrons. The fourth-order valence-electron chi connectivity index (χ4n) is 2.18. The number of fused-ring (bicyclic) bond motifs is 1. The molecule has 1 aliphatic heterocycles. The zero-order valence-corrected chi connectivity index (χ0v) is 9.89. The number of hydrogen-bond acceptors (Lipinski definition) is 3. The number of anilines is 2. The molecule has 0 fully saturated rings. The lowest BCUT2D eigenvalue weighted by atomic mass is 10.0. The van der Waals surface area contributed by atoms with Crippen LogP contribution < -0.4 is 10.6 Å². The zero-order chi connectivity index (χ0) is 12.4. The van der Waals surface area contributed by atoms with E-state index in [0.717, 1.165) is 17.7 Å². The molecule has 1 atom stereocenters. The van der Waals surface area contributed by atoms with E-state index in [2.05, 4.69) is 34.9 Å². The van der Waals surface area contributed by atoms with Crippen molar-refractivity contribution in [1.29, 1.82) is 0 Å². The van der Waals surface area contributed by atoms with Crippen LogP contribution >= 0.6 is 0 Å². The molecule has 2 aromatic carbocycles. The third-order valence-corrected chi connectivity index (χ3v) is 3.14. The van der Waals surface area contributed by atoms with Gasteiger partial charge in [0.25, 0.3) is 0 Å². The predicted molar refractivity (Wildman–Crippen MR) is 73.8 cm³/mol. The fraction of sp³-hybridized carbons (Fsp3) is 0.133. The average molecular weight is 238 g/mol. The number of carbonyl (C=O) groups is 1. The highest BCUT2D eigenvalue weighted by Crippen LogP contribution is 2.31. The molecule has 0 aromatic heterocycles. The molecule has 3 nitrogen and oxygen atoms in total. The van der Waals surface area contributed by atoms with Crippen molar-refractivity contribution in [2.24, 2.45) is 0 Å². The van der Waals surface area contributed by atoms with E-state index in [0.29, 0.717) is 6.54 Å². The Morgan fingerprint density at radius 1 is 1.00 bits per heavy atom. The maximum atomic E-state index is 10.8. The summed E-state index contributed by atoms with van der Waals surface area (Å²) in [5, 5.41) is 6.47. The first-order valence-electron chi connectivity index (χ1n) is 6.02. The third kappa shape index (κ3) is 1.95. The number of rotatable bonds is 2. The van der Waals surface area contributed by atoms with Gasteiger partial charge in [0.15, 0.2) is 0 Å². The lowest BCUT2D eigenvalue weighted by Crippen LogP contribution is -2.33. The summed E-state index contributed by atoms with van der Waals surface area (Å²) in [6.07, 6.45) is 0.932. The Bertz CT molecular complexity index is 566. The molecule has 18 heavy (non-hydrogen) atoms. The quantitative estimate of drug-likeness (QED) is 0.790. The van der Waals surface area contributed by atoms with Gasteiger partial charge in [0.2, 0.25) is 0 Å². The zero-order valence-electron chi connectivity index (χ0n) is 9.89. The Hall–Kier alpha value is -2.29. The Morgan fingerprint density at radius 3 is 2.61 bits per heavy atom. The highest BCUT2D eigenvalue weighted by Gasteiger charge is 2.16. The summed E-state index contributed by atoms with van der Waals surface area (Å²) < 4.78 is 0. The van der Waals surface area contributed by atoms with Crippen LogP contribution in [0.25, 0.3) is 11.1 Å². The van der Waals surface area contributed by atoms with E-state index in [-0.39, 0.29) is 6.04 Å². The highest BCUT2D eigenvalue weighted by molar-refractivity contribution is 5.82. The SMILES string of the molecule is O=CC1CNc2cc(-c3ccccc3)ccc2N1. The topological polar surface area (TPSA) is 41.1 Å². The molecular weight excluding hydrogens is 224 g/mol. The minimum absolute atomic E-state index is 0.139. The van der Waals surface area contributed by atoms with Gasteiger partial charge in [0, 0.05) is 6.54 Å². The van der Waals surface area contributed by atoms with Crippen LogP contribution in [0.3, 0.4) is 0 Å². The number of benzene rings is 2. The molecule has 0 amide bonds. The van der Waals surface area contributed by atoms with Gasteiger partial charge in [-0.1, -0.05) is 36.4 Å². The summed E-state index contributed by atoms with van der Waals surface area (Å²) in [6.45, 7) is 0.634. The minimum Gasteiger partial charge on any atom is -0.381 e. The van der Waals surface area contributed by atoms with Crippen molar-refractivity contribution in [2.75, 3.05) is 17.2 Å². The summed E-state index contributed by atoms with van der Waals surface area (Å²) in [6, 6.07) is 16.3. The second kappa shape index (κ2) is 4.53. The molecule has 1 aliphatic rings. The van der Waals surface area contributed by atoms with E-state index in [1.165, 1.54) is 11.1 Å². The molecule has 3 heteroatoms. The summed E-state index contributed by atoms with van der Waals surface area (Å²) in [7, 11) is 0. The van der Waals surface area contributed by atoms with Crippen LogP contribution in [0.5, 0.6) is 0 Å². The van der Waals surface area contributed by atoms with Crippen molar-refractivity contribution < 1.29 is 4.79 Å². The van der Waals surface area contributed by atoms with Crippen LogP contribution in [-0.4, -0.2) is 18.9 Å². The maximum Gasteiger partial charge on any atom is 0.144 e. The fourth-order valence-corrected chi connectivity index (χ4v) is 2.18. The first-order chi connectivity index (χ1) is 8.86. The minimum atomic E-state index is -0.139. The van der Waals surface area contributed by atoms with Gasteiger partial charge in [0.05, 0.1) is 17.4 Å². The van der Waals surface area contributed by atoms with Gasteiger partial charge in [0.1, 0.15) is 6.29 Å². The normalized spacial score (nSPS) is 17.2. The van der Waals surface area contributed by atoms with Gasteiger partial charge in [-0.3, -0.25) is 0 Å². The summed E-state index contributed by atoms with van der Waals surface area (Å²) >= 11 is 0. The Balaban J connectivity index is 1.95. The van der Waals surface area contributed by atoms with E-state index < -0.39 is 0 Å². The van der Waals surface area contributed by atoms with Crippen molar-refractivity contribution in [1.82, 2.24) is 0 Å². The lowest BCUT2D eigenvalue weighted by molar-refractivity contribution is -0.108. The number of aldehydes is 1. The first-order valence-corrected chi connectivity index (χ1v) is 6.02. The van der Waals surface area contributed by atoms with Crippen LogP contribution in [0.1, 0.15) is 0 Å². The van der Waals surface area contributed by atoms with Crippen molar-refractivity contribution in [3.63, 3.8) is 0 Å². The molecule has 0 saturated heterocycles. The molecule has 1 heterocycles. The Morgan fingerprint density at radius 2 is 1.83 bits per heavy atom. The second-order valence-corrected chi connectivity index (χ2v) is 4.39. The number of hydrogen-bond donors (Lipinski definition) is 2. The molecule has 0 spiro atoms. The van der Waals surface area contributed by atoms with E-state index in [1.807, 2.05) is 24.3 Å². The highest BCUT2D eigenvalue weighted by atomic mass is 16.1. The van der Waals surface area contributed by atoms with Gasteiger partial charge in [-0.2, -0.15) is 0 Å². The molecule has 3 rings (SSSR count). The van der Waals surface area contributed by atoms with Crippen LogP contribution in [0.4, 0.5) is 11.4 Å². The summed E-state index contributed by atoms with van der Waals surface area (Å²) in [4.78, 5) is 10.8. The maximum absolute atomic E-state index is 10.8. The molecular formula is C15H14N2O. The largest absolute Gasteiger partial charge is 0.381 e. The number of carbonyl (C=O) groups excluding carboxylic acids is 1. The van der Waals surface area contributed by atoms with Crippen molar-refractivity contribution in [3.8, 4) is 11.1 Å². The van der Waals surface area contributed by atoms with Crippen LogP contribution in [0.15, 0.2) is 48.5 Å². The molecule has 2 aromatic rings. The van der Waals surface area contributed by atoms with Gasteiger partial charge in [-0.15, -0.1) is 0 Å². The van der Waals surface area contributed by atoms with E-state index >= 15 is 0 Å². The standard InChI is InChI=1S/C15H14N2O/c18-10-13-9-16-15-8-12(6-7-14(15)17-13)11-4-2-1-3-5-11/h1-8,10,13,16-17H,9H2. The number of nitrogens with one attached hydrogen (secondary N) is 2. The molecule has 1 unspecified atom stereocenters. The smallest absolute Gasteiger partial charge is 0.144 e. The predicted octanol–water partition coefficient (Wildman–Crippen LogP) is 2.76. The molecule has 0 saturated carbocycles. The lowest BCUT2D eigenvalue weighted by Gasteiger charge is -2.25.